The molecule has 0 spiro atoms. The maximum absolute atomic E-state index is 4.45. The molecule has 0 atom stereocenters. The van der Waals surface area contributed by atoms with Gasteiger partial charge in [-0.1, -0.05) is 6.08 Å². The fourth-order valence-corrected chi connectivity index (χ4v) is 1.69. The summed E-state index contributed by atoms with van der Waals surface area (Å²) in [7, 11) is 0. The normalized spacial score (nSPS) is 15.3. The predicted octanol–water partition coefficient (Wildman–Crippen LogP) is 1.67. The van der Waals surface area contributed by atoms with Gasteiger partial charge in [-0.25, -0.2) is 4.98 Å². The van der Waals surface area contributed by atoms with E-state index in [0.29, 0.717) is 0 Å². The number of hydrogen-bond donors (Lipinski definition) is 1. The Labute approximate surface area is 90.0 Å². The van der Waals surface area contributed by atoms with Crippen molar-refractivity contribution in [2.45, 2.75) is 12.8 Å². The average Bonchev–Trinajstić information content (AvgIpc) is 2.80. The Morgan fingerprint density at radius 2 is 2.27 bits per heavy atom. The van der Waals surface area contributed by atoms with Gasteiger partial charge in [-0.05, 0) is 18.9 Å². The fraction of sp³-hybridized carbons (Fsp3) is 0.455. The second kappa shape index (κ2) is 4.77. The van der Waals surface area contributed by atoms with Gasteiger partial charge in [0.15, 0.2) is 0 Å². The van der Waals surface area contributed by atoms with Crippen LogP contribution in [0.2, 0.25) is 0 Å². The summed E-state index contributed by atoms with van der Waals surface area (Å²) in [5, 5.41) is 3.16. The lowest BCUT2D eigenvalue weighted by Crippen LogP contribution is -2.20. The molecule has 4 heteroatoms. The van der Waals surface area contributed by atoms with Crippen molar-refractivity contribution in [2.24, 2.45) is 0 Å². The number of aromatic nitrogens is 2. The first kappa shape index (κ1) is 9.96. The van der Waals surface area contributed by atoms with Gasteiger partial charge in [0.25, 0.3) is 0 Å². The molecule has 2 rings (SSSR count). The first-order chi connectivity index (χ1) is 7.40. The van der Waals surface area contributed by atoms with E-state index in [2.05, 4.69) is 26.8 Å². The van der Waals surface area contributed by atoms with E-state index in [9.17, 15) is 0 Å². The summed E-state index contributed by atoms with van der Waals surface area (Å²) in [5.74, 6) is 1.70. The fourth-order valence-electron chi connectivity index (χ4n) is 1.69. The molecular weight excluding hydrogens is 188 g/mol. The van der Waals surface area contributed by atoms with Crippen LogP contribution in [0, 0.1) is 0 Å². The zero-order chi connectivity index (χ0) is 10.5. The average molecular weight is 204 g/mol. The summed E-state index contributed by atoms with van der Waals surface area (Å²) in [6, 6.07) is 1.88. The van der Waals surface area contributed by atoms with Crippen LogP contribution in [0.15, 0.2) is 24.9 Å². The molecule has 0 aliphatic carbocycles. The second-order valence-electron chi connectivity index (χ2n) is 3.61. The molecule has 0 aromatic carbocycles. The van der Waals surface area contributed by atoms with Crippen LogP contribution in [0.4, 0.5) is 11.8 Å². The SMILES string of the molecule is C=CCNc1ccnc(N2CCCC2)n1. The molecule has 0 radical (unpaired) electrons. The highest BCUT2D eigenvalue weighted by molar-refractivity contribution is 5.42. The first-order valence-corrected chi connectivity index (χ1v) is 5.33. The lowest BCUT2D eigenvalue weighted by Gasteiger charge is -2.15. The summed E-state index contributed by atoms with van der Waals surface area (Å²) in [6.07, 6.45) is 6.10. The smallest absolute Gasteiger partial charge is 0.227 e. The molecule has 2 heterocycles. The van der Waals surface area contributed by atoms with Crippen molar-refractivity contribution < 1.29 is 0 Å². The Morgan fingerprint density at radius 1 is 1.47 bits per heavy atom. The molecule has 1 fully saturated rings. The van der Waals surface area contributed by atoms with Gasteiger partial charge in [-0.2, -0.15) is 4.98 Å². The summed E-state index contributed by atoms with van der Waals surface area (Å²) in [4.78, 5) is 10.9. The summed E-state index contributed by atoms with van der Waals surface area (Å²) >= 11 is 0. The van der Waals surface area contributed by atoms with E-state index in [0.717, 1.165) is 31.4 Å². The maximum atomic E-state index is 4.45. The third-order valence-electron chi connectivity index (χ3n) is 2.46. The van der Waals surface area contributed by atoms with Crippen LogP contribution in [0.3, 0.4) is 0 Å². The van der Waals surface area contributed by atoms with Crippen LogP contribution < -0.4 is 10.2 Å². The number of rotatable bonds is 4. The maximum Gasteiger partial charge on any atom is 0.227 e. The van der Waals surface area contributed by atoms with Crippen molar-refractivity contribution in [2.75, 3.05) is 29.9 Å². The highest BCUT2D eigenvalue weighted by Crippen LogP contribution is 2.16. The molecule has 1 N–H and O–H groups in total. The quantitative estimate of drug-likeness (QED) is 0.757. The van der Waals surface area contributed by atoms with Gasteiger partial charge in [0.05, 0.1) is 0 Å². The number of nitrogens with zero attached hydrogens (tertiary/aromatic N) is 3. The second-order valence-corrected chi connectivity index (χ2v) is 3.61. The van der Waals surface area contributed by atoms with Crippen molar-refractivity contribution in [1.29, 1.82) is 0 Å². The molecule has 1 aromatic rings. The monoisotopic (exact) mass is 204 g/mol. The molecule has 0 bridgehead atoms. The zero-order valence-electron chi connectivity index (χ0n) is 8.82. The first-order valence-electron chi connectivity index (χ1n) is 5.33. The van der Waals surface area contributed by atoms with E-state index in [1.165, 1.54) is 12.8 Å². The van der Waals surface area contributed by atoms with Crippen LogP contribution in [0.25, 0.3) is 0 Å². The van der Waals surface area contributed by atoms with Crippen molar-refractivity contribution in [3.63, 3.8) is 0 Å². The summed E-state index contributed by atoms with van der Waals surface area (Å²) < 4.78 is 0. The Balaban J connectivity index is 2.07. The molecule has 80 valence electrons. The van der Waals surface area contributed by atoms with Crippen LogP contribution in [-0.4, -0.2) is 29.6 Å². The summed E-state index contributed by atoms with van der Waals surface area (Å²) in [5.41, 5.74) is 0. The molecule has 1 saturated heterocycles. The van der Waals surface area contributed by atoms with Crippen molar-refractivity contribution in [1.82, 2.24) is 9.97 Å². The van der Waals surface area contributed by atoms with E-state index in [4.69, 9.17) is 0 Å². The minimum atomic E-state index is 0.733. The van der Waals surface area contributed by atoms with Crippen molar-refractivity contribution in [3.05, 3.63) is 24.9 Å². The van der Waals surface area contributed by atoms with Crippen LogP contribution in [0.5, 0.6) is 0 Å². The lowest BCUT2D eigenvalue weighted by atomic mass is 10.4. The van der Waals surface area contributed by atoms with E-state index in [1.807, 2.05) is 12.1 Å². The van der Waals surface area contributed by atoms with Crippen molar-refractivity contribution >= 4 is 11.8 Å². The molecule has 15 heavy (non-hydrogen) atoms. The molecular formula is C11H16N4. The molecule has 1 aliphatic rings. The van der Waals surface area contributed by atoms with E-state index < -0.39 is 0 Å². The Bertz CT molecular complexity index is 331. The van der Waals surface area contributed by atoms with Gasteiger partial charge in [-0.15, -0.1) is 6.58 Å². The highest BCUT2D eigenvalue weighted by Gasteiger charge is 2.14. The number of nitrogens with one attached hydrogen (secondary N) is 1. The zero-order valence-corrected chi connectivity index (χ0v) is 8.82. The number of hydrogen-bond acceptors (Lipinski definition) is 4. The van der Waals surface area contributed by atoms with Gasteiger partial charge in [-0.3, -0.25) is 0 Å². The Morgan fingerprint density at radius 3 is 3.00 bits per heavy atom. The van der Waals surface area contributed by atoms with Gasteiger partial charge in [0.2, 0.25) is 5.95 Å². The van der Waals surface area contributed by atoms with Gasteiger partial charge >= 0.3 is 0 Å². The standard InChI is InChI=1S/C11H16N4/c1-2-6-12-10-5-7-13-11(14-10)15-8-3-4-9-15/h2,5,7H,1,3-4,6,8-9H2,(H,12,13,14). The van der Waals surface area contributed by atoms with Crippen LogP contribution in [-0.2, 0) is 0 Å². The van der Waals surface area contributed by atoms with Crippen molar-refractivity contribution in [3.8, 4) is 0 Å². The van der Waals surface area contributed by atoms with Gasteiger partial charge in [0, 0.05) is 25.8 Å². The molecule has 0 amide bonds. The van der Waals surface area contributed by atoms with Gasteiger partial charge < -0.3 is 10.2 Å². The molecule has 4 nitrogen and oxygen atoms in total. The van der Waals surface area contributed by atoms with Crippen LogP contribution in [0.1, 0.15) is 12.8 Å². The number of anilines is 2. The van der Waals surface area contributed by atoms with E-state index in [1.54, 1.807) is 6.20 Å². The molecule has 1 aromatic heterocycles. The highest BCUT2D eigenvalue weighted by atomic mass is 15.3. The van der Waals surface area contributed by atoms with Gasteiger partial charge in [0.1, 0.15) is 5.82 Å². The minimum absolute atomic E-state index is 0.733. The predicted molar refractivity (Wildman–Crippen MR) is 62.2 cm³/mol. The Kier molecular flexibility index (Phi) is 3.17. The van der Waals surface area contributed by atoms with Crippen LogP contribution >= 0.6 is 0 Å². The third-order valence-corrected chi connectivity index (χ3v) is 2.46. The topological polar surface area (TPSA) is 41.1 Å². The largest absolute Gasteiger partial charge is 0.366 e. The molecule has 0 saturated carbocycles. The Hall–Kier alpha value is -1.58. The third kappa shape index (κ3) is 2.46. The minimum Gasteiger partial charge on any atom is -0.366 e. The summed E-state index contributed by atoms with van der Waals surface area (Å²) in [6.45, 7) is 6.54. The molecule has 0 unspecified atom stereocenters. The lowest BCUT2D eigenvalue weighted by molar-refractivity contribution is 0.898. The van der Waals surface area contributed by atoms with E-state index >= 15 is 0 Å². The van der Waals surface area contributed by atoms with E-state index in [-0.39, 0.29) is 0 Å². The molecule has 1 aliphatic heterocycles.